The highest BCUT2D eigenvalue weighted by Gasteiger charge is 2.31. The maximum Gasteiger partial charge on any atom is 0.240 e. The predicted molar refractivity (Wildman–Crippen MR) is 74.3 cm³/mol. The molecule has 0 radical (unpaired) electrons. The number of likely N-dealkylation sites (N-methyl/N-ethyl adjacent to an activating group) is 1. The third kappa shape index (κ3) is 4.01. The molecule has 0 amide bonds. The summed E-state index contributed by atoms with van der Waals surface area (Å²) in [5.74, 6) is 1.30. The van der Waals surface area contributed by atoms with Crippen LogP contribution in [0.15, 0.2) is 4.52 Å². The zero-order valence-electron chi connectivity index (χ0n) is 12.8. The largest absolute Gasteiger partial charge is 0.388 e. The lowest BCUT2D eigenvalue weighted by atomic mass is 9.94. The van der Waals surface area contributed by atoms with Crippen molar-refractivity contribution in [3.8, 4) is 0 Å². The van der Waals surface area contributed by atoms with Gasteiger partial charge in [-0.05, 0) is 7.05 Å². The van der Waals surface area contributed by atoms with Gasteiger partial charge in [0.25, 0.3) is 0 Å². The molecular weight excluding hydrogens is 258 g/mol. The van der Waals surface area contributed by atoms with Gasteiger partial charge in [0.1, 0.15) is 0 Å². The fraction of sp³-hybridized carbons (Fsp3) is 0.857. The molecule has 2 rings (SSSR count). The molecule has 1 N–H and O–H groups in total. The summed E-state index contributed by atoms with van der Waals surface area (Å²) in [5.41, 5.74) is -0.779. The van der Waals surface area contributed by atoms with Crippen molar-refractivity contribution in [2.75, 3.05) is 26.8 Å². The maximum atomic E-state index is 10.5. The number of aromatic nitrogens is 2. The van der Waals surface area contributed by atoms with E-state index in [1.165, 1.54) is 0 Å². The number of aliphatic hydroxyl groups is 1. The molecular formula is C14H25N3O3. The number of ether oxygens (including phenoxy) is 1. The average molecular weight is 283 g/mol. The zero-order valence-corrected chi connectivity index (χ0v) is 12.8. The fourth-order valence-electron chi connectivity index (χ4n) is 2.32. The average Bonchev–Trinajstić information content (AvgIpc) is 2.77. The van der Waals surface area contributed by atoms with Gasteiger partial charge in [0.05, 0.1) is 12.1 Å². The first kappa shape index (κ1) is 15.4. The molecule has 0 bridgehead atoms. The molecule has 1 aromatic heterocycles. The maximum absolute atomic E-state index is 10.5. The number of hydrogen-bond acceptors (Lipinski definition) is 6. The Balaban J connectivity index is 1.91. The van der Waals surface area contributed by atoms with Gasteiger partial charge < -0.3 is 14.4 Å². The molecule has 0 spiro atoms. The van der Waals surface area contributed by atoms with Crippen molar-refractivity contribution in [2.24, 2.45) is 0 Å². The Kier molecular flexibility index (Phi) is 4.46. The smallest absolute Gasteiger partial charge is 0.240 e. The minimum atomic E-state index is -0.667. The SMILES string of the molecule is CN(Cc1nc(C(C)(C)C)no1)CC1(O)CCOCC1. The van der Waals surface area contributed by atoms with Crippen molar-refractivity contribution in [1.29, 1.82) is 0 Å². The van der Waals surface area contributed by atoms with Crippen LogP contribution >= 0.6 is 0 Å². The van der Waals surface area contributed by atoms with Crippen molar-refractivity contribution >= 4 is 0 Å². The highest BCUT2D eigenvalue weighted by Crippen LogP contribution is 2.22. The van der Waals surface area contributed by atoms with Crippen LogP contribution in [0.1, 0.15) is 45.3 Å². The summed E-state index contributed by atoms with van der Waals surface area (Å²) in [4.78, 5) is 6.43. The normalized spacial score (nSPS) is 19.5. The van der Waals surface area contributed by atoms with E-state index >= 15 is 0 Å². The van der Waals surface area contributed by atoms with Crippen LogP contribution in [0, 0.1) is 0 Å². The fourth-order valence-corrected chi connectivity index (χ4v) is 2.32. The molecule has 0 saturated carbocycles. The monoisotopic (exact) mass is 283 g/mol. The van der Waals surface area contributed by atoms with E-state index < -0.39 is 5.60 Å². The van der Waals surface area contributed by atoms with E-state index in [2.05, 4.69) is 30.9 Å². The van der Waals surface area contributed by atoms with Crippen LogP contribution in [0.25, 0.3) is 0 Å². The van der Waals surface area contributed by atoms with Crippen LogP contribution in [0.3, 0.4) is 0 Å². The van der Waals surface area contributed by atoms with Crippen molar-refractivity contribution in [3.05, 3.63) is 11.7 Å². The van der Waals surface area contributed by atoms with Crippen LogP contribution in [0.2, 0.25) is 0 Å². The van der Waals surface area contributed by atoms with E-state index in [9.17, 15) is 5.11 Å². The molecule has 0 aromatic carbocycles. The molecule has 1 aliphatic rings. The molecule has 6 heteroatoms. The van der Waals surface area contributed by atoms with Gasteiger partial charge in [0.15, 0.2) is 5.82 Å². The van der Waals surface area contributed by atoms with Crippen LogP contribution in [0.5, 0.6) is 0 Å². The predicted octanol–water partition coefficient (Wildman–Crippen LogP) is 1.34. The Morgan fingerprint density at radius 1 is 1.30 bits per heavy atom. The number of rotatable bonds is 4. The van der Waals surface area contributed by atoms with E-state index in [1.54, 1.807) is 0 Å². The lowest BCUT2D eigenvalue weighted by Crippen LogP contribution is -2.45. The second-order valence-electron chi connectivity index (χ2n) is 6.77. The summed E-state index contributed by atoms with van der Waals surface area (Å²) in [5, 5.41) is 14.5. The highest BCUT2D eigenvalue weighted by molar-refractivity contribution is 5.00. The molecule has 2 heterocycles. The molecule has 1 aliphatic heterocycles. The summed E-state index contributed by atoms with van der Waals surface area (Å²) in [7, 11) is 1.95. The second-order valence-corrected chi connectivity index (χ2v) is 6.77. The highest BCUT2D eigenvalue weighted by atomic mass is 16.5. The van der Waals surface area contributed by atoms with E-state index in [0.29, 0.717) is 50.9 Å². The Labute approximate surface area is 120 Å². The van der Waals surface area contributed by atoms with Crippen LogP contribution < -0.4 is 0 Å². The van der Waals surface area contributed by atoms with E-state index in [1.807, 2.05) is 11.9 Å². The van der Waals surface area contributed by atoms with Crippen molar-refractivity contribution in [3.63, 3.8) is 0 Å². The number of nitrogens with zero attached hydrogens (tertiary/aromatic N) is 3. The minimum absolute atomic E-state index is 0.112. The van der Waals surface area contributed by atoms with Gasteiger partial charge in [-0.3, -0.25) is 4.90 Å². The molecule has 0 aliphatic carbocycles. The van der Waals surface area contributed by atoms with Crippen LogP contribution in [-0.2, 0) is 16.7 Å². The molecule has 0 atom stereocenters. The van der Waals surface area contributed by atoms with Crippen LogP contribution in [-0.4, -0.2) is 52.6 Å². The summed E-state index contributed by atoms with van der Waals surface area (Å²) in [6, 6.07) is 0. The van der Waals surface area contributed by atoms with Crippen molar-refractivity contribution in [2.45, 2.75) is 51.2 Å². The molecule has 20 heavy (non-hydrogen) atoms. The standard InChI is InChI=1S/C14H25N3O3/c1-13(2,3)12-15-11(20-16-12)9-17(4)10-14(18)5-7-19-8-6-14/h18H,5-10H2,1-4H3. The van der Waals surface area contributed by atoms with Gasteiger partial charge >= 0.3 is 0 Å². The minimum Gasteiger partial charge on any atom is -0.388 e. The second kappa shape index (κ2) is 5.79. The first-order valence-electron chi connectivity index (χ1n) is 7.10. The Bertz CT molecular complexity index is 433. The molecule has 1 aromatic rings. The molecule has 1 saturated heterocycles. The lowest BCUT2D eigenvalue weighted by Gasteiger charge is -2.35. The molecule has 1 fully saturated rings. The van der Waals surface area contributed by atoms with E-state index in [0.717, 1.165) is 0 Å². The summed E-state index contributed by atoms with van der Waals surface area (Å²) >= 11 is 0. The summed E-state index contributed by atoms with van der Waals surface area (Å²) in [6.45, 7) is 8.54. The third-order valence-electron chi connectivity index (χ3n) is 3.53. The van der Waals surface area contributed by atoms with Gasteiger partial charge in [-0.25, -0.2) is 0 Å². The first-order valence-corrected chi connectivity index (χ1v) is 7.10. The third-order valence-corrected chi connectivity index (χ3v) is 3.53. The number of hydrogen-bond donors (Lipinski definition) is 1. The summed E-state index contributed by atoms with van der Waals surface area (Å²) < 4.78 is 10.6. The van der Waals surface area contributed by atoms with Gasteiger partial charge in [-0.15, -0.1) is 0 Å². The van der Waals surface area contributed by atoms with E-state index in [-0.39, 0.29) is 5.41 Å². The van der Waals surface area contributed by atoms with E-state index in [4.69, 9.17) is 9.26 Å². The quantitative estimate of drug-likeness (QED) is 0.899. The Hall–Kier alpha value is -0.980. The first-order chi connectivity index (χ1) is 9.28. The molecule has 0 unspecified atom stereocenters. The van der Waals surface area contributed by atoms with Gasteiger partial charge in [0.2, 0.25) is 5.89 Å². The molecule has 6 nitrogen and oxygen atoms in total. The van der Waals surface area contributed by atoms with Crippen molar-refractivity contribution in [1.82, 2.24) is 15.0 Å². The van der Waals surface area contributed by atoms with Gasteiger partial charge in [-0.2, -0.15) is 4.98 Å². The Morgan fingerprint density at radius 2 is 1.95 bits per heavy atom. The van der Waals surface area contributed by atoms with Gasteiger partial charge in [0, 0.05) is 38.0 Å². The van der Waals surface area contributed by atoms with Gasteiger partial charge in [-0.1, -0.05) is 25.9 Å². The molecule has 114 valence electrons. The Morgan fingerprint density at radius 3 is 2.50 bits per heavy atom. The lowest BCUT2D eigenvalue weighted by molar-refractivity contribution is -0.0784. The van der Waals surface area contributed by atoms with Crippen LogP contribution in [0.4, 0.5) is 0 Å². The zero-order chi connectivity index (χ0) is 14.8. The summed E-state index contributed by atoms with van der Waals surface area (Å²) in [6.07, 6.45) is 1.35. The topological polar surface area (TPSA) is 71.6 Å². The van der Waals surface area contributed by atoms with Crippen molar-refractivity contribution < 1.29 is 14.4 Å².